The highest BCUT2D eigenvalue weighted by Crippen LogP contribution is 2.28. The minimum atomic E-state index is -3.75. The SMILES string of the molecule is CCCNC(=O)C(C)N(Cc1ccc(C)cc1)C(=O)CN(c1ccccc1Br)S(C)(=O)=O. The van der Waals surface area contributed by atoms with Crippen molar-refractivity contribution in [2.24, 2.45) is 0 Å². The molecule has 0 saturated carbocycles. The molecule has 1 N–H and O–H groups in total. The molecule has 2 amide bonds. The summed E-state index contributed by atoms with van der Waals surface area (Å²) < 4.78 is 26.7. The zero-order chi connectivity index (χ0) is 23.9. The van der Waals surface area contributed by atoms with E-state index in [4.69, 9.17) is 0 Å². The Balaban J connectivity index is 2.37. The van der Waals surface area contributed by atoms with Crippen LogP contribution in [0.2, 0.25) is 0 Å². The van der Waals surface area contributed by atoms with E-state index in [-0.39, 0.29) is 12.5 Å². The number of sulfonamides is 1. The van der Waals surface area contributed by atoms with Crippen LogP contribution in [0.5, 0.6) is 0 Å². The van der Waals surface area contributed by atoms with Crippen LogP contribution in [0, 0.1) is 6.92 Å². The Hall–Kier alpha value is -2.39. The van der Waals surface area contributed by atoms with E-state index in [0.717, 1.165) is 28.1 Å². The molecule has 32 heavy (non-hydrogen) atoms. The lowest BCUT2D eigenvalue weighted by Gasteiger charge is -2.31. The molecule has 7 nitrogen and oxygen atoms in total. The van der Waals surface area contributed by atoms with Gasteiger partial charge in [0.15, 0.2) is 0 Å². The third-order valence-corrected chi connectivity index (χ3v) is 6.79. The smallest absolute Gasteiger partial charge is 0.244 e. The Kier molecular flexibility index (Phi) is 9.27. The van der Waals surface area contributed by atoms with E-state index in [1.165, 1.54) is 4.90 Å². The van der Waals surface area contributed by atoms with E-state index in [0.29, 0.717) is 16.7 Å². The van der Waals surface area contributed by atoms with E-state index in [1.54, 1.807) is 31.2 Å². The molecule has 9 heteroatoms. The quantitative estimate of drug-likeness (QED) is 0.516. The van der Waals surface area contributed by atoms with Gasteiger partial charge in [0.05, 0.1) is 11.9 Å². The maximum atomic E-state index is 13.4. The molecule has 0 aromatic heterocycles. The van der Waals surface area contributed by atoms with Crippen molar-refractivity contribution >= 4 is 43.5 Å². The average molecular weight is 524 g/mol. The van der Waals surface area contributed by atoms with Gasteiger partial charge in [0, 0.05) is 17.6 Å². The van der Waals surface area contributed by atoms with Gasteiger partial charge < -0.3 is 10.2 Å². The summed E-state index contributed by atoms with van der Waals surface area (Å²) in [6.07, 6.45) is 1.83. The zero-order valence-corrected chi connectivity index (χ0v) is 21.2. The number of aryl methyl sites for hydroxylation is 1. The summed E-state index contributed by atoms with van der Waals surface area (Å²) in [6, 6.07) is 13.7. The molecule has 2 aromatic carbocycles. The molecule has 0 bridgehead atoms. The highest BCUT2D eigenvalue weighted by atomic mass is 79.9. The van der Waals surface area contributed by atoms with Crippen LogP contribution in [0.25, 0.3) is 0 Å². The third kappa shape index (κ3) is 7.06. The van der Waals surface area contributed by atoms with Gasteiger partial charge in [-0.1, -0.05) is 48.9 Å². The first-order valence-electron chi connectivity index (χ1n) is 10.4. The monoisotopic (exact) mass is 523 g/mol. The van der Waals surface area contributed by atoms with Gasteiger partial charge in [-0.2, -0.15) is 0 Å². The molecule has 0 heterocycles. The van der Waals surface area contributed by atoms with E-state index in [2.05, 4.69) is 21.2 Å². The summed E-state index contributed by atoms with van der Waals surface area (Å²) in [6.45, 7) is 5.84. The molecule has 2 aromatic rings. The van der Waals surface area contributed by atoms with Crippen molar-refractivity contribution in [3.05, 3.63) is 64.1 Å². The van der Waals surface area contributed by atoms with Crippen LogP contribution < -0.4 is 9.62 Å². The number of halogens is 1. The summed E-state index contributed by atoms with van der Waals surface area (Å²) in [7, 11) is -3.75. The maximum absolute atomic E-state index is 13.4. The molecule has 174 valence electrons. The van der Waals surface area contributed by atoms with Gasteiger partial charge in [-0.25, -0.2) is 8.42 Å². The highest BCUT2D eigenvalue weighted by molar-refractivity contribution is 9.10. The van der Waals surface area contributed by atoms with Crippen LogP contribution in [0.15, 0.2) is 53.0 Å². The number of hydrogen-bond acceptors (Lipinski definition) is 4. The van der Waals surface area contributed by atoms with Gasteiger partial charge in [0.2, 0.25) is 21.8 Å². The van der Waals surface area contributed by atoms with Gasteiger partial charge in [0.1, 0.15) is 12.6 Å². The summed E-state index contributed by atoms with van der Waals surface area (Å²) in [5.41, 5.74) is 2.30. The van der Waals surface area contributed by atoms with Crippen LogP contribution in [0.4, 0.5) is 5.69 Å². The van der Waals surface area contributed by atoms with E-state index in [1.807, 2.05) is 38.1 Å². The minimum absolute atomic E-state index is 0.188. The molecule has 0 fully saturated rings. The Morgan fingerprint density at radius 1 is 1.09 bits per heavy atom. The molecule has 0 radical (unpaired) electrons. The Bertz CT molecular complexity index is 1040. The Morgan fingerprint density at radius 3 is 2.28 bits per heavy atom. The second-order valence-corrected chi connectivity index (χ2v) is 10.5. The van der Waals surface area contributed by atoms with Gasteiger partial charge in [-0.15, -0.1) is 0 Å². The molecule has 2 rings (SSSR count). The van der Waals surface area contributed by atoms with Gasteiger partial charge in [-0.3, -0.25) is 13.9 Å². The second-order valence-electron chi connectivity index (χ2n) is 7.70. The fourth-order valence-corrected chi connectivity index (χ4v) is 4.60. The van der Waals surface area contributed by atoms with Gasteiger partial charge in [-0.05, 0) is 53.9 Å². The van der Waals surface area contributed by atoms with E-state index in [9.17, 15) is 18.0 Å². The maximum Gasteiger partial charge on any atom is 0.244 e. The number of benzene rings is 2. The Labute approximate surface area is 199 Å². The first-order chi connectivity index (χ1) is 15.0. The zero-order valence-electron chi connectivity index (χ0n) is 18.8. The van der Waals surface area contributed by atoms with Crippen molar-refractivity contribution in [3.8, 4) is 0 Å². The summed E-state index contributed by atoms with van der Waals surface area (Å²) in [5, 5.41) is 2.81. The molecule has 0 saturated heterocycles. The van der Waals surface area contributed by atoms with Crippen molar-refractivity contribution in [1.29, 1.82) is 0 Å². The van der Waals surface area contributed by atoms with Crippen molar-refractivity contribution in [2.75, 3.05) is 23.7 Å². The lowest BCUT2D eigenvalue weighted by atomic mass is 10.1. The number of carbonyl (C=O) groups excluding carboxylic acids is 2. The fraction of sp³-hybridized carbons (Fsp3) is 0.391. The highest BCUT2D eigenvalue weighted by Gasteiger charge is 2.30. The second kappa shape index (κ2) is 11.5. The number of anilines is 1. The number of carbonyl (C=O) groups is 2. The van der Waals surface area contributed by atoms with E-state index < -0.39 is 28.5 Å². The first kappa shape index (κ1) is 25.9. The summed E-state index contributed by atoms with van der Waals surface area (Å²) >= 11 is 3.36. The van der Waals surface area contributed by atoms with Crippen LogP contribution >= 0.6 is 15.9 Å². The van der Waals surface area contributed by atoms with Crippen LogP contribution in [0.1, 0.15) is 31.4 Å². The molecule has 1 atom stereocenters. The predicted octanol–water partition coefficient (Wildman–Crippen LogP) is 3.47. The molecule has 0 spiro atoms. The molecular formula is C23H30BrN3O4S. The fourth-order valence-electron chi connectivity index (χ4n) is 3.12. The lowest BCUT2D eigenvalue weighted by molar-refractivity contribution is -0.139. The molecular weight excluding hydrogens is 494 g/mol. The van der Waals surface area contributed by atoms with Gasteiger partial charge in [0.25, 0.3) is 0 Å². The van der Waals surface area contributed by atoms with Gasteiger partial charge >= 0.3 is 0 Å². The van der Waals surface area contributed by atoms with Crippen molar-refractivity contribution < 1.29 is 18.0 Å². The number of nitrogens with zero attached hydrogens (tertiary/aromatic N) is 2. The number of rotatable bonds is 10. The number of nitrogens with one attached hydrogen (secondary N) is 1. The van der Waals surface area contributed by atoms with Crippen LogP contribution in [-0.4, -0.2) is 50.5 Å². The normalized spacial score (nSPS) is 12.2. The Morgan fingerprint density at radius 2 is 1.72 bits per heavy atom. The van der Waals surface area contributed by atoms with E-state index >= 15 is 0 Å². The number of hydrogen-bond donors (Lipinski definition) is 1. The largest absolute Gasteiger partial charge is 0.354 e. The molecule has 0 aliphatic rings. The average Bonchev–Trinajstić information content (AvgIpc) is 2.74. The number of amides is 2. The third-order valence-electron chi connectivity index (χ3n) is 4.99. The van der Waals surface area contributed by atoms with Crippen molar-refractivity contribution in [3.63, 3.8) is 0 Å². The topological polar surface area (TPSA) is 86.8 Å². The van der Waals surface area contributed by atoms with Crippen LogP contribution in [0.3, 0.4) is 0 Å². The van der Waals surface area contributed by atoms with Crippen molar-refractivity contribution in [2.45, 2.75) is 39.8 Å². The minimum Gasteiger partial charge on any atom is -0.354 e. The standard InChI is InChI=1S/C23H30BrN3O4S/c1-5-14-25-23(29)18(3)26(15-19-12-10-17(2)11-13-19)22(28)16-27(32(4,30)31)21-9-7-6-8-20(21)24/h6-13,18H,5,14-16H2,1-4H3,(H,25,29). The van der Waals surface area contributed by atoms with Crippen molar-refractivity contribution in [1.82, 2.24) is 10.2 Å². The number of para-hydroxylation sites is 1. The lowest BCUT2D eigenvalue weighted by Crippen LogP contribution is -2.51. The summed E-state index contributed by atoms with van der Waals surface area (Å²) in [4.78, 5) is 27.5. The molecule has 0 aliphatic carbocycles. The molecule has 1 unspecified atom stereocenters. The molecule has 0 aliphatic heterocycles. The first-order valence-corrected chi connectivity index (χ1v) is 13.0. The van der Waals surface area contributed by atoms with Crippen LogP contribution in [-0.2, 0) is 26.2 Å². The summed E-state index contributed by atoms with van der Waals surface area (Å²) in [5.74, 6) is -0.745. The predicted molar refractivity (Wildman–Crippen MR) is 131 cm³/mol.